The van der Waals surface area contributed by atoms with Crippen molar-refractivity contribution in [3.05, 3.63) is 65.9 Å². The second kappa shape index (κ2) is 12.8. The molecule has 0 atom stereocenters. The van der Waals surface area contributed by atoms with Gasteiger partial charge in [0, 0.05) is 28.7 Å². The van der Waals surface area contributed by atoms with Crippen LogP contribution in [0.2, 0.25) is 0 Å². The summed E-state index contributed by atoms with van der Waals surface area (Å²) >= 11 is 0. The number of ether oxygens (including phenoxy) is 2. The first kappa shape index (κ1) is 31.5. The maximum atomic E-state index is 14.1. The average molecular weight is 597 g/mol. The normalized spacial score (nSPS) is 11.9. The number of unbranched alkanes of at least 4 members (excludes halogenated alkanes) is 1. The van der Waals surface area contributed by atoms with E-state index in [1.165, 1.54) is 22.7 Å². The molecule has 0 aliphatic heterocycles. The van der Waals surface area contributed by atoms with Gasteiger partial charge in [-0.05, 0) is 68.7 Å². The largest absolute Gasteiger partial charge is 0.494 e. The Labute approximate surface area is 248 Å². The zero-order chi connectivity index (χ0) is 31.4. The van der Waals surface area contributed by atoms with E-state index in [2.05, 4.69) is 15.4 Å². The number of benzene rings is 2. The molecule has 2 aromatic carbocycles. The molecular formula is C32H35F3N4O4. The highest BCUT2D eigenvalue weighted by Crippen LogP contribution is 2.39. The Kier molecular flexibility index (Phi) is 9.42. The van der Waals surface area contributed by atoms with Gasteiger partial charge in [0.15, 0.2) is 5.65 Å². The molecular weight excluding hydrogens is 561 g/mol. The van der Waals surface area contributed by atoms with E-state index >= 15 is 0 Å². The van der Waals surface area contributed by atoms with Crippen LogP contribution in [0, 0.1) is 12.3 Å². The fourth-order valence-corrected chi connectivity index (χ4v) is 4.26. The number of hydrogen-bond acceptors (Lipinski definition) is 6. The number of aryl methyl sites for hydroxylation is 1. The Hall–Kier alpha value is -4.41. The van der Waals surface area contributed by atoms with Crippen LogP contribution in [0.1, 0.15) is 58.1 Å². The van der Waals surface area contributed by atoms with E-state index < -0.39 is 17.2 Å². The summed E-state index contributed by atoms with van der Waals surface area (Å²) in [6, 6.07) is 12.4. The molecule has 4 rings (SSSR count). The van der Waals surface area contributed by atoms with Gasteiger partial charge in [0.05, 0.1) is 36.4 Å². The molecule has 43 heavy (non-hydrogen) atoms. The number of rotatable bonds is 10. The molecule has 2 aromatic heterocycles. The van der Waals surface area contributed by atoms with Gasteiger partial charge in [-0.1, -0.05) is 32.9 Å². The van der Waals surface area contributed by atoms with Gasteiger partial charge in [-0.25, -0.2) is 9.50 Å². The maximum absolute atomic E-state index is 14.1. The predicted octanol–water partition coefficient (Wildman–Crippen LogP) is 7.49. The third-order valence-corrected chi connectivity index (χ3v) is 6.70. The number of halogens is 3. The predicted molar refractivity (Wildman–Crippen MR) is 158 cm³/mol. The fraction of sp³-hybridized carbons (Fsp3) is 0.375. The first-order valence-corrected chi connectivity index (χ1v) is 14.0. The lowest BCUT2D eigenvalue weighted by atomic mass is 9.95. The minimum Gasteiger partial charge on any atom is -0.494 e. The second-order valence-electron chi connectivity index (χ2n) is 11.2. The van der Waals surface area contributed by atoms with Crippen LogP contribution < -0.4 is 10.1 Å². The summed E-state index contributed by atoms with van der Waals surface area (Å²) in [5.41, 5.74) is 1.84. The van der Waals surface area contributed by atoms with Crippen LogP contribution in [0.15, 0.2) is 54.7 Å². The van der Waals surface area contributed by atoms with Gasteiger partial charge in [-0.2, -0.15) is 18.3 Å². The lowest BCUT2D eigenvalue weighted by Gasteiger charge is -2.19. The third-order valence-electron chi connectivity index (χ3n) is 6.70. The van der Waals surface area contributed by atoms with E-state index in [4.69, 9.17) is 9.47 Å². The summed E-state index contributed by atoms with van der Waals surface area (Å²) < 4.78 is 54.2. The number of nitrogens with zero attached hydrogens (tertiary/aromatic N) is 3. The van der Waals surface area contributed by atoms with Crippen molar-refractivity contribution in [1.29, 1.82) is 0 Å². The van der Waals surface area contributed by atoms with E-state index in [1.54, 1.807) is 19.2 Å². The van der Waals surface area contributed by atoms with E-state index in [9.17, 15) is 22.8 Å². The molecule has 4 aromatic rings. The second-order valence-corrected chi connectivity index (χ2v) is 11.2. The molecule has 0 bridgehead atoms. The smallest absolute Gasteiger partial charge is 0.417 e. The molecule has 11 heteroatoms. The number of carbonyl (C=O) groups is 2. The first-order chi connectivity index (χ1) is 20.3. The van der Waals surface area contributed by atoms with Crippen LogP contribution in [-0.2, 0) is 20.5 Å². The molecule has 0 unspecified atom stereocenters. The van der Waals surface area contributed by atoms with Crippen LogP contribution in [0.25, 0.3) is 28.2 Å². The van der Waals surface area contributed by atoms with Crippen molar-refractivity contribution in [3.63, 3.8) is 0 Å². The van der Waals surface area contributed by atoms with Gasteiger partial charge in [-0.15, -0.1) is 0 Å². The van der Waals surface area contributed by atoms with E-state index in [-0.39, 0.29) is 41.9 Å². The zero-order valence-electron chi connectivity index (χ0n) is 24.8. The monoisotopic (exact) mass is 596 g/mol. The lowest BCUT2D eigenvalue weighted by molar-refractivity contribution is -0.143. The Bertz CT molecular complexity index is 1620. The number of anilines is 1. The minimum absolute atomic E-state index is 0.0759. The summed E-state index contributed by atoms with van der Waals surface area (Å²) in [5, 5.41) is 7.39. The quantitative estimate of drug-likeness (QED) is 0.151. The fourth-order valence-electron chi connectivity index (χ4n) is 4.26. The molecule has 0 saturated heterocycles. The maximum Gasteiger partial charge on any atom is 0.417 e. The van der Waals surface area contributed by atoms with Gasteiger partial charge in [0.25, 0.3) is 0 Å². The van der Waals surface area contributed by atoms with Crippen molar-refractivity contribution in [2.75, 3.05) is 18.5 Å². The third kappa shape index (κ3) is 7.91. The SMILES string of the molecule is CCOC(=O)CCCCOc1ccc(-c2ccc3nc(-c4ccc(C)c(NC(=O)C(C)(C)C)c4)cn3n2)c(C(F)(F)F)c1. The van der Waals surface area contributed by atoms with Crippen molar-refractivity contribution >= 4 is 23.2 Å². The summed E-state index contributed by atoms with van der Waals surface area (Å²) in [6.07, 6.45) is -1.78. The average Bonchev–Trinajstić information content (AvgIpc) is 3.36. The van der Waals surface area contributed by atoms with Gasteiger partial charge < -0.3 is 14.8 Å². The Morgan fingerprint density at radius 3 is 2.44 bits per heavy atom. The Morgan fingerprint density at radius 1 is 0.977 bits per heavy atom. The van der Waals surface area contributed by atoms with Crippen LogP contribution in [0.5, 0.6) is 5.75 Å². The number of nitrogens with one attached hydrogen (secondary N) is 1. The van der Waals surface area contributed by atoms with Crippen LogP contribution in [0.4, 0.5) is 18.9 Å². The van der Waals surface area contributed by atoms with Gasteiger partial charge in [0.2, 0.25) is 5.91 Å². The van der Waals surface area contributed by atoms with E-state index in [1.807, 2.05) is 45.9 Å². The van der Waals surface area contributed by atoms with Crippen molar-refractivity contribution < 1.29 is 32.2 Å². The minimum atomic E-state index is -4.65. The highest BCUT2D eigenvalue weighted by Gasteiger charge is 2.35. The summed E-state index contributed by atoms with van der Waals surface area (Å²) in [5.74, 6) is -0.360. The molecule has 228 valence electrons. The molecule has 0 aliphatic rings. The van der Waals surface area contributed by atoms with Crippen LogP contribution >= 0.6 is 0 Å². The molecule has 0 radical (unpaired) electrons. The Balaban J connectivity index is 1.56. The Morgan fingerprint density at radius 2 is 1.74 bits per heavy atom. The molecule has 2 heterocycles. The molecule has 0 aliphatic carbocycles. The van der Waals surface area contributed by atoms with Crippen LogP contribution in [0.3, 0.4) is 0 Å². The van der Waals surface area contributed by atoms with Crippen molar-refractivity contribution in [2.24, 2.45) is 5.41 Å². The standard InChI is InChI=1S/C32H35F3N4O4/c1-6-42-29(40)9-7-8-16-43-22-12-13-23(24(18-22)32(33,34)35)25-14-15-28-36-27(19-39(28)38-25)21-11-10-20(2)26(17-21)37-30(41)31(3,4)5/h10-15,17-19H,6-9,16H2,1-5H3,(H,37,41). The van der Waals surface area contributed by atoms with Crippen molar-refractivity contribution in [3.8, 4) is 28.3 Å². The van der Waals surface area contributed by atoms with Crippen molar-refractivity contribution in [1.82, 2.24) is 14.6 Å². The number of hydrogen-bond donors (Lipinski definition) is 1. The highest BCUT2D eigenvalue weighted by molar-refractivity contribution is 5.95. The van der Waals surface area contributed by atoms with Gasteiger partial charge >= 0.3 is 12.1 Å². The molecule has 0 fully saturated rings. The number of alkyl halides is 3. The molecule has 1 amide bonds. The van der Waals surface area contributed by atoms with Crippen LogP contribution in [-0.4, -0.2) is 39.7 Å². The molecule has 8 nitrogen and oxygen atoms in total. The zero-order valence-corrected chi connectivity index (χ0v) is 24.8. The van der Waals surface area contributed by atoms with Crippen molar-refractivity contribution in [2.45, 2.75) is 60.1 Å². The number of fused-ring (bicyclic) bond motifs is 1. The highest BCUT2D eigenvalue weighted by atomic mass is 19.4. The van der Waals surface area contributed by atoms with E-state index in [0.29, 0.717) is 36.5 Å². The molecule has 0 spiro atoms. The van der Waals surface area contributed by atoms with Gasteiger partial charge in [-0.3, -0.25) is 9.59 Å². The lowest BCUT2D eigenvalue weighted by Crippen LogP contribution is -2.27. The summed E-state index contributed by atoms with van der Waals surface area (Å²) in [7, 11) is 0. The van der Waals surface area contributed by atoms with E-state index in [0.717, 1.165) is 17.2 Å². The molecule has 1 N–H and O–H groups in total. The number of esters is 1. The first-order valence-electron chi connectivity index (χ1n) is 14.0. The van der Waals surface area contributed by atoms with Gasteiger partial charge in [0.1, 0.15) is 5.75 Å². The number of carbonyl (C=O) groups excluding carboxylic acids is 2. The summed E-state index contributed by atoms with van der Waals surface area (Å²) in [4.78, 5) is 28.6. The number of imidazole rings is 1. The number of amides is 1. The summed E-state index contributed by atoms with van der Waals surface area (Å²) in [6.45, 7) is 9.57. The number of aromatic nitrogens is 3. The molecule has 0 saturated carbocycles. The topological polar surface area (TPSA) is 94.8 Å².